The molecule has 0 fully saturated rings. The Labute approximate surface area is 109 Å². The average molecular weight is 252 g/mol. The van der Waals surface area contributed by atoms with E-state index in [0.29, 0.717) is 22.2 Å². The Balaban J connectivity index is 2.32. The fraction of sp³-hybridized carbons (Fsp3) is 0.0667. The van der Waals surface area contributed by atoms with Gasteiger partial charge in [-0.25, -0.2) is 4.98 Å². The lowest BCUT2D eigenvalue weighted by atomic mass is 10.2. The molecule has 0 radical (unpaired) electrons. The van der Waals surface area contributed by atoms with Crippen molar-refractivity contribution in [3.8, 4) is 5.69 Å². The van der Waals surface area contributed by atoms with Crippen molar-refractivity contribution in [1.29, 1.82) is 0 Å². The Morgan fingerprint density at radius 3 is 2.63 bits per heavy atom. The summed E-state index contributed by atoms with van der Waals surface area (Å²) in [6.07, 6.45) is 1.50. The van der Waals surface area contributed by atoms with E-state index >= 15 is 0 Å². The minimum atomic E-state index is -0.133. The third-order valence-corrected chi connectivity index (χ3v) is 3.09. The van der Waals surface area contributed by atoms with E-state index < -0.39 is 0 Å². The van der Waals surface area contributed by atoms with E-state index in [-0.39, 0.29) is 12.2 Å². The van der Waals surface area contributed by atoms with Gasteiger partial charge in [0.2, 0.25) is 0 Å². The first-order valence-electron chi connectivity index (χ1n) is 5.97. The number of aliphatic hydroxyl groups is 1. The van der Waals surface area contributed by atoms with Gasteiger partial charge in [0.1, 0.15) is 6.33 Å². The molecule has 94 valence electrons. The Morgan fingerprint density at radius 1 is 1.05 bits per heavy atom. The number of hydrogen-bond acceptors (Lipinski definition) is 3. The fourth-order valence-corrected chi connectivity index (χ4v) is 2.12. The molecule has 0 unspecified atom stereocenters. The van der Waals surface area contributed by atoms with Gasteiger partial charge in [-0.2, -0.15) is 0 Å². The summed E-state index contributed by atoms with van der Waals surface area (Å²) in [6.45, 7) is -0.116. The zero-order valence-corrected chi connectivity index (χ0v) is 10.2. The van der Waals surface area contributed by atoms with Crippen LogP contribution in [0, 0.1) is 0 Å². The van der Waals surface area contributed by atoms with E-state index in [2.05, 4.69) is 4.98 Å². The van der Waals surface area contributed by atoms with Crippen molar-refractivity contribution in [2.45, 2.75) is 6.61 Å². The molecular formula is C15H12N2O2. The van der Waals surface area contributed by atoms with E-state index in [1.54, 1.807) is 24.3 Å². The molecule has 0 bridgehead atoms. The van der Waals surface area contributed by atoms with Crippen LogP contribution >= 0.6 is 0 Å². The lowest BCUT2D eigenvalue weighted by Gasteiger charge is -2.10. The van der Waals surface area contributed by atoms with Crippen LogP contribution in [0.5, 0.6) is 0 Å². The monoisotopic (exact) mass is 252 g/mol. The molecule has 4 heteroatoms. The molecule has 0 aliphatic carbocycles. The maximum atomic E-state index is 12.4. The van der Waals surface area contributed by atoms with Crippen molar-refractivity contribution >= 4 is 10.9 Å². The fourth-order valence-electron chi connectivity index (χ4n) is 2.12. The highest BCUT2D eigenvalue weighted by atomic mass is 16.3. The molecular weight excluding hydrogens is 240 g/mol. The van der Waals surface area contributed by atoms with Gasteiger partial charge in [-0.3, -0.25) is 9.36 Å². The molecule has 2 aromatic carbocycles. The highest BCUT2D eigenvalue weighted by Crippen LogP contribution is 2.14. The summed E-state index contributed by atoms with van der Waals surface area (Å²) in [4.78, 5) is 16.7. The Hall–Kier alpha value is -2.46. The zero-order valence-electron chi connectivity index (χ0n) is 10.2. The minimum absolute atomic E-state index is 0.116. The van der Waals surface area contributed by atoms with E-state index in [4.69, 9.17) is 0 Å². The number of rotatable bonds is 2. The summed E-state index contributed by atoms with van der Waals surface area (Å²) < 4.78 is 1.47. The highest BCUT2D eigenvalue weighted by Gasteiger charge is 2.08. The molecule has 0 atom stereocenters. The predicted octanol–water partition coefficient (Wildman–Crippen LogP) is 1.88. The summed E-state index contributed by atoms with van der Waals surface area (Å²) in [6, 6.07) is 14.5. The van der Waals surface area contributed by atoms with Gasteiger partial charge in [-0.05, 0) is 18.2 Å². The number of aromatic nitrogens is 2. The summed E-state index contributed by atoms with van der Waals surface area (Å²) in [7, 11) is 0. The summed E-state index contributed by atoms with van der Waals surface area (Å²) in [5, 5.41) is 9.92. The van der Waals surface area contributed by atoms with Crippen molar-refractivity contribution in [2.75, 3.05) is 0 Å². The van der Waals surface area contributed by atoms with Gasteiger partial charge in [0, 0.05) is 5.56 Å². The molecule has 0 spiro atoms. The highest BCUT2D eigenvalue weighted by molar-refractivity contribution is 5.77. The van der Waals surface area contributed by atoms with Crippen molar-refractivity contribution in [3.05, 3.63) is 70.8 Å². The predicted molar refractivity (Wildman–Crippen MR) is 73.3 cm³/mol. The van der Waals surface area contributed by atoms with Gasteiger partial charge in [-0.1, -0.05) is 30.3 Å². The first-order valence-corrected chi connectivity index (χ1v) is 5.97. The summed E-state index contributed by atoms with van der Waals surface area (Å²) in [5.41, 5.74) is 1.90. The van der Waals surface area contributed by atoms with E-state index in [0.717, 1.165) is 0 Å². The van der Waals surface area contributed by atoms with Crippen LogP contribution in [0.2, 0.25) is 0 Å². The molecule has 3 rings (SSSR count). The third kappa shape index (κ3) is 1.92. The van der Waals surface area contributed by atoms with Gasteiger partial charge >= 0.3 is 0 Å². The van der Waals surface area contributed by atoms with Crippen LogP contribution in [0.3, 0.4) is 0 Å². The van der Waals surface area contributed by atoms with Crippen molar-refractivity contribution in [1.82, 2.24) is 9.55 Å². The summed E-state index contributed by atoms with van der Waals surface area (Å²) >= 11 is 0. The van der Waals surface area contributed by atoms with Gasteiger partial charge < -0.3 is 5.11 Å². The molecule has 19 heavy (non-hydrogen) atoms. The van der Waals surface area contributed by atoms with Crippen molar-refractivity contribution in [2.24, 2.45) is 0 Å². The van der Waals surface area contributed by atoms with E-state index in [9.17, 15) is 9.90 Å². The first-order chi connectivity index (χ1) is 9.31. The molecule has 0 saturated heterocycles. The molecule has 0 aliphatic rings. The van der Waals surface area contributed by atoms with Crippen LogP contribution in [0.15, 0.2) is 59.7 Å². The van der Waals surface area contributed by atoms with Crippen LogP contribution < -0.4 is 5.56 Å². The van der Waals surface area contributed by atoms with Crippen LogP contribution in [0.1, 0.15) is 5.56 Å². The topological polar surface area (TPSA) is 55.1 Å². The van der Waals surface area contributed by atoms with Crippen LogP contribution in [0.4, 0.5) is 0 Å². The Morgan fingerprint density at radius 2 is 1.79 bits per heavy atom. The maximum absolute atomic E-state index is 12.4. The van der Waals surface area contributed by atoms with Crippen LogP contribution in [0.25, 0.3) is 16.6 Å². The maximum Gasteiger partial charge on any atom is 0.265 e. The van der Waals surface area contributed by atoms with Gasteiger partial charge in [0.05, 0.1) is 23.2 Å². The smallest absolute Gasteiger partial charge is 0.265 e. The molecule has 1 N–H and O–H groups in total. The second kappa shape index (κ2) is 4.66. The van der Waals surface area contributed by atoms with Crippen LogP contribution in [-0.2, 0) is 6.61 Å². The van der Waals surface area contributed by atoms with Crippen molar-refractivity contribution in [3.63, 3.8) is 0 Å². The lowest BCUT2D eigenvalue weighted by molar-refractivity contribution is 0.281. The molecule has 0 saturated carbocycles. The standard InChI is InChI=1S/C15H12N2O2/c18-9-11-5-1-4-8-14(11)17-10-16-13-7-3-2-6-12(13)15(17)19/h1-8,10,18H,9H2. The molecule has 4 nitrogen and oxygen atoms in total. The average Bonchev–Trinajstić information content (AvgIpc) is 2.48. The first kappa shape index (κ1) is 11.6. The number of fused-ring (bicyclic) bond motifs is 1. The largest absolute Gasteiger partial charge is 0.392 e. The zero-order chi connectivity index (χ0) is 13.2. The van der Waals surface area contributed by atoms with Gasteiger partial charge in [0.15, 0.2) is 0 Å². The second-order valence-electron chi connectivity index (χ2n) is 4.22. The molecule has 1 aromatic heterocycles. The molecule has 1 heterocycles. The quantitative estimate of drug-likeness (QED) is 0.757. The van der Waals surface area contributed by atoms with Crippen molar-refractivity contribution < 1.29 is 5.11 Å². The molecule has 0 amide bonds. The SMILES string of the molecule is O=c1c2ccccc2ncn1-c1ccccc1CO. The van der Waals surface area contributed by atoms with E-state index in [1.165, 1.54) is 10.9 Å². The Kier molecular flexibility index (Phi) is 2.85. The normalized spacial score (nSPS) is 10.8. The van der Waals surface area contributed by atoms with Gasteiger partial charge in [-0.15, -0.1) is 0 Å². The number of nitrogens with zero attached hydrogens (tertiary/aromatic N) is 2. The number of para-hydroxylation sites is 2. The van der Waals surface area contributed by atoms with Gasteiger partial charge in [0.25, 0.3) is 5.56 Å². The number of hydrogen-bond donors (Lipinski definition) is 1. The summed E-state index contributed by atoms with van der Waals surface area (Å²) in [5.74, 6) is 0. The van der Waals surface area contributed by atoms with E-state index in [1.807, 2.05) is 24.3 Å². The third-order valence-electron chi connectivity index (χ3n) is 3.09. The Bertz CT molecular complexity index is 793. The number of benzene rings is 2. The molecule has 3 aromatic rings. The minimum Gasteiger partial charge on any atom is -0.392 e. The second-order valence-corrected chi connectivity index (χ2v) is 4.22. The van der Waals surface area contributed by atoms with Crippen LogP contribution in [-0.4, -0.2) is 14.7 Å². The number of aliphatic hydroxyl groups excluding tert-OH is 1. The molecule has 0 aliphatic heterocycles. The lowest BCUT2D eigenvalue weighted by Crippen LogP contribution is -2.20.